The quantitative estimate of drug-likeness (QED) is 0.275. The van der Waals surface area contributed by atoms with E-state index >= 15 is 0 Å². The summed E-state index contributed by atoms with van der Waals surface area (Å²) in [6.45, 7) is 4.03. The number of nitrogens with zero attached hydrogens (tertiary/aromatic N) is 5. The van der Waals surface area contributed by atoms with Crippen LogP contribution < -0.4 is 5.32 Å². The maximum Gasteiger partial charge on any atom is 0.358 e. The Morgan fingerprint density at radius 3 is 2.68 bits per heavy atom. The number of carbonyl (C=O) groups is 1. The van der Waals surface area contributed by atoms with E-state index in [9.17, 15) is 4.79 Å². The normalized spacial score (nSPS) is 12.1. The summed E-state index contributed by atoms with van der Waals surface area (Å²) in [5.74, 6) is 0.176. The first-order valence-electron chi connectivity index (χ1n) is 10.7. The number of ether oxygens (including phenoxy) is 1. The van der Waals surface area contributed by atoms with E-state index in [2.05, 4.69) is 32.6 Å². The summed E-state index contributed by atoms with van der Waals surface area (Å²) in [5.41, 5.74) is 5.12. The molecule has 5 rings (SSSR count). The molecule has 8 nitrogen and oxygen atoms in total. The van der Waals surface area contributed by atoms with Gasteiger partial charge in [0.25, 0.3) is 0 Å². The minimum Gasteiger partial charge on any atom is -0.464 e. The maximum atomic E-state index is 12.3. The molecule has 0 radical (unpaired) electrons. The fraction of sp³-hybridized carbons (Fsp3) is 0.160. The SMILES string of the molecule is COC(=O)c1nc(Cl)ccc1N[C@H](C)c1cc(C)cc2c1nc(-c1ccccc1)n1cnnc21. The molecule has 2 aromatic carbocycles. The van der Waals surface area contributed by atoms with E-state index in [0.29, 0.717) is 5.69 Å². The van der Waals surface area contributed by atoms with Gasteiger partial charge in [0.05, 0.1) is 24.4 Å². The van der Waals surface area contributed by atoms with Crippen molar-refractivity contribution in [2.24, 2.45) is 0 Å². The Balaban J connectivity index is 1.68. The van der Waals surface area contributed by atoms with Crippen LogP contribution in [0.25, 0.3) is 27.9 Å². The van der Waals surface area contributed by atoms with Gasteiger partial charge in [-0.05, 0) is 37.6 Å². The fourth-order valence-electron chi connectivity index (χ4n) is 4.07. The summed E-state index contributed by atoms with van der Waals surface area (Å²) in [4.78, 5) is 21.5. The molecule has 3 heterocycles. The molecular weight excluding hydrogens is 452 g/mol. The van der Waals surface area contributed by atoms with E-state index in [0.717, 1.165) is 39.1 Å². The molecule has 0 aliphatic heterocycles. The molecule has 1 atom stereocenters. The van der Waals surface area contributed by atoms with Crippen molar-refractivity contribution in [2.75, 3.05) is 12.4 Å². The number of fused-ring (bicyclic) bond motifs is 3. The summed E-state index contributed by atoms with van der Waals surface area (Å²) < 4.78 is 6.78. The van der Waals surface area contributed by atoms with Gasteiger partial charge in [0.1, 0.15) is 17.3 Å². The molecule has 0 saturated heterocycles. The van der Waals surface area contributed by atoms with Gasteiger partial charge in [-0.1, -0.05) is 48.0 Å². The van der Waals surface area contributed by atoms with Gasteiger partial charge in [-0.25, -0.2) is 14.8 Å². The van der Waals surface area contributed by atoms with Crippen LogP contribution in [0.3, 0.4) is 0 Å². The molecule has 0 saturated carbocycles. The monoisotopic (exact) mass is 472 g/mol. The van der Waals surface area contributed by atoms with E-state index in [1.165, 1.54) is 7.11 Å². The second kappa shape index (κ2) is 8.72. The molecule has 5 aromatic rings. The Morgan fingerprint density at radius 2 is 1.91 bits per heavy atom. The van der Waals surface area contributed by atoms with Crippen molar-refractivity contribution in [1.29, 1.82) is 0 Å². The van der Waals surface area contributed by atoms with Gasteiger partial charge in [0.15, 0.2) is 11.3 Å². The lowest BCUT2D eigenvalue weighted by atomic mass is 10.0. The van der Waals surface area contributed by atoms with E-state index in [1.807, 2.05) is 48.6 Å². The van der Waals surface area contributed by atoms with Gasteiger partial charge in [0, 0.05) is 16.5 Å². The number of carbonyl (C=O) groups excluding carboxylic acids is 1. The molecule has 0 aliphatic rings. The number of anilines is 1. The fourth-order valence-corrected chi connectivity index (χ4v) is 4.22. The molecule has 9 heteroatoms. The van der Waals surface area contributed by atoms with Crippen LogP contribution in [0.5, 0.6) is 0 Å². The first kappa shape index (κ1) is 21.8. The van der Waals surface area contributed by atoms with Crippen molar-refractivity contribution in [1.82, 2.24) is 24.6 Å². The van der Waals surface area contributed by atoms with Crippen LogP contribution in [0.1, 0.15) is 34.6 Å². The van der Waals surface area contributed by atoms with Gasteiger partial charge < -0.3 is 10.1 Å². The number of halogens is 1. The molecular formula is C25H21ClN6O2. The number of pyridine rings is 1. The number of aromatic nitrogens is 5. The zero-order valence-electron chi connectivity index (χ0n) is 18.8. The van der Waals surface area contributed by atoms with Crippen LogP contribution >= 0.6 is 11.6 Å². The third kappa shape index (κ3) is 3.82. The van der Waals surface area contributed by atoms with Crippen molar-refractivity contribution in [3.05, 3.63) is 82.9 Å². The van der Waals surface area contributed by atoms with E-state index in [-0.39, 0.29) is 16.9 Å². The summed E-state index contributed by atoms with van der Waals surface area (Å²) in [6.07, 6.45) is 1.68. The largest absolute Gasteiger partial charge is 0.464 e. The highest BCUT2D eigenvalue weighted by Crippen LogP contribution is 2.32. The van der Waals surface area contributed by atoms with Crippen LogP contribution in [-0.4, -0.2) is 37.6 Å². The zero-order chi connectivity index (χ0) is 23.8. The van der Waals surface area contributed by atoms with Crippen LogP contribution in [0.2, 0.25) is 5.15 Å². The first-order chi connectivity index (χ1) is 16.5. The molecule has 1 N–H and O–H groups in total. The summed E-state index contributed by atoms with van der Waals surface area (Å²) in [5, 5.41) is 13.0. The van der Waals surface area contributed by atoms with E-state index < -0.39 is 5.97 Å². The first-order valence-corrected chi connectivity index (χ1v) is 11.0. The van der Waals surface area contributed by atoms with Crippen molar-refractivity contribution in [3.63, 3.8) is 0 Å². The molecule has 0 spiro atoms. The maximum absolute atomic E-state index is 12.3. The lowest BCUT2D eigenvalue weighted by Gasteiger charge is -2.20. The number of nitrogens with one attached hydrogen (secondary N) is 1. The van der Waals surface area contributed by atoms with Gasteiger partial charge in [-0.2, -0.15) is 0 Å². The number of esters is 1. The Labute approximate surface area is 200 Å². The lowest BCUT2D eigenvalue weighted by molar-refractivity contribution is 0.0595. The van der Waals surface area contributed by atoms with Gasteiger partial charge >= 0.3 is 5.97 Å². The summed E-state index contributed by atoms with van der Waals surface area (Å²) in [7, 11) is 1.31. The minimum absolute atomic E-state index is 0.122. The third-order valence-electron chi connectivity index (χ3n) is 5.63. The van der Waals surface area contributed by atoms with Crippen molar-refractivity contribution in [2.45, 2.75) is 19.9 Å². The second-order valence-corrected chi connectivity index (χ2v) is 8.35. The summed E-state index contributed by atoms with van der Waals surface area (Å²) >= 11 is 6.02. The Hall–Kier alpha value is -4.04. The van der Waals surface area contributed by atoms with Crippen molar-refractivity contribution in [3.8, 4) is 11.4 Å². The molecule has 0 unspecified atom stereocenters. The molecule has 0 amide bonds. The summed E-state index contributed by atoms with van der Waals surface area (Å²) in [6, 6.07) is 17.2. The minimum atomic E-state index is -0.569. The molecule has 34 heavy (non-hydrogen) atoms. The molecule has 170 valence electrons. The standard InChI is InChI=1S/C25H21ClN6O2/c1-14-11-17(15(2)28-19-9-10-20(26)29-22(19)25(33)34-3)21-18(12-14)24-31-27-13-32(24)23(30-21)16-7-5-4-6-8-16/h4-13,15,28H,1-3H3/t15-/m1/s1. The number of hydrogen-bond donors (Lipinski definition) is 1. The molecule has 0 fully saturated rings. The van der Waals surface area contributed by atoms with Gasteiger partial charge in [0.2, 0.25) is 0 Å². The number of aryl methyl sites for hydroxylation is 1. The number of rotatable bonds is 5. The van der Waals surface area contributed by atoms with Crippen molar-refractivity contribution >= 4 is 39.8 Å². The smallest absolute Gasteiger partial charge is 0.358 e. The predicted octanol–water partition coefficient (Wildman–Crippen LogP) is 5.26. The van der Waals surface area contributed by atoms with E-state index in [1.54, 1.807) is 18.5 Å². The van der Waals surface area contributed by atoms with Crippen LogP contribution in [0.4, 0.5) is 5.69 Å². The topological polar surface area (TPSA) is 94.3 Å². The number of methoxy groups -OCH3 is 1. The molecule has 3 aromatic heterocycles. The van der Waals surface area contributed by atoms with Crippen LogP contribution in [0, 0.1) is 6.92 Å². The van der Waals surface area contributed by atoms with Crippen molar-refractivity contribution < 1.29 is 9.53 Å². The highest BCUT2D eigenvalue weighted by Gasteiger charge is 2.21. The third-order valence-corrected chi connectivity index (χ3v) is 5.84. The molecule has 0 bridgehead atoms. The van der Waals surface area contributed by atoms with Crippen LogP contribution in [-0.2, 0) is 4.74 Å². The average molecular weight is 473 g/mol. The average Bonchev–Trinajstić information content (AvgIpc) is 3.34. The van der Waals surface area contributed by atoms with E-state index in [4.69, 9.17) is 21.3 Å². The second-order valence-electron chi connectivity index (χ2n) is 7.96. The van der Waals surface area contributed by atoms with Gasteiger partial charge in [-0.15, -0.1) is 10.2 Å². The highest BCUT2D eigenvalue weighted by atomic mass is 35.5. The number of hydrogen-bond acceptors (Lipinski definition) is 7. The predicted molar refractivity (Wildman–Crippen MR) is 131 cm³/mol. The highest BCUT2D eigenvalue weighted by molar-refractivity contribution is 6.29. The Bertz CT molecular complexity index is 1530. The Morgan fingerprint density at radius 1 is 1.12 bits per heavy atom. The number of benzene rings is 2. The molecule has 0 aliphatic carbocycles. The van der Waals surface area contributed by atoms with Gasteiger partial charge in [-0.3, -0.25) is 4.40 Å². The zero-order valence-corrected chi connectivity index (χ0v) is 19.5. The Kier molecular flexibility index (Phi) is 5.59. The van der Waals surface area contributed by atoms with Crippen LogP contribution in [0.15, 0.2) is 60.9 Å². The lowest BCUT2D eigenvalue weighted by Crippen LogP contribution is -2.14.